The van der Waals surface area contributed by atoms with Crippen LogP contribution >= 0.6 is 0 Å². The summed E-state index contributed by atoms with van der Waals surface area (Å²) in [7, 11) is 0. The Morgan fingerprint density at radius 2 is 2.12 bits per heavy atom. The summed E-state index contributed by atoms with van der Waals surface area (Å²) in [6.45, 7) is 2.69. The summed E-state index contributed by atoms with van der Waals surface area (Å²) in [6.07, 6.45) is 3.06. The van der Waals surface area contributed by atoms with Crippen LogP contribution in [-0.4, -0.2) is 41.3 Å². The molecule has 1 saturated carbocycles. The molecule has 1 aliphatic carbocycles. The van der Waals surface area contributed by atoms with Crippen molar-refractivity contribution in [1.82, 2.24) is 4.90 Å². The molecule has 17 heavy (non-hydrogen) atoms. The van der Waals surface area contributed by atoms with Crippen LogP contribution in [-0.2, 0) is 9.53 Å². The van der Waals surface area contributed by atoms with Gasteiger partial charge in [0.2, 0.25) is 0 Å². The normalized spacial score (nSPS) is 32.1. The van der Waals surface area contributed by atoms with E-state index in [4.69, 9.17) is 4.74 Å². The van der Waals surface area contributed by atoms with Gasteiger partial charge in [0.25, 0.3) is 0 Å². The number of carboxylic acid groups (broad SMARTS) is 1. The monoisotopic (exact) mass is 241 g/mol. The summed E-state index contributed by atoms with van der Waals surface area (Å²) < 4.78 is 5.16. The lowest BCUT2D eigenvalue weighted by Gasteiger charge is -2.43. The number of hydrogen-bond acceptors (Lipinski definition) is 3. The number of esters is 1. The molecule has 0 spiro atoms. The highest BCUT2D eigenvalue weighted by molar-refractivity contribution is 5.80. The molecule has 1 aliphatic heterocycles. The van der Waals surface area contributed by atoms with E-state index in [9.17, 15) is 14.7 Å². The maximum Gasteiger partial charge on any atom is 0.407 e. The summed E-state index contributed by atoms with van der Waals surface area (Å²) in [5.74, 6) is -0.201. The molecule has 0 radical (unpaired) electrons. The molecule has 0 aromatic heterocycles. The minimum absolute atomic E-state index is 0.173. The summed E-state index contributed by atoms with van der Waals surface area (Å²) in [6, 6.07) is -0.173. The minimum atomic E-state index is -0.912. The highest BCUT2D eigenvalue weighted by Crippen LogP contribution is 2.48. The second-order valence-corrected chi connectivity index (χ2v) is 4.86. The van der Waals surface area contributed by atoms with E-state index in [1.54, 1.807) is 6.92 Å². The number of hydrogen-bond donors (Lipinski definition) is 1. The number of piperidine rings is 1. The molecule has 0 aromatic rings. The first kappa shape index (κ1) is 12.2. The van der Waals surface area contributed by atoms with Gasteiger partial charge in [0.1, 0.15) is 0 Å². The van der Waals surface area contributed by atoms with Crippen LogP contribution in [0.15, 0.2) is 0 Å². The maximum atomic E-state index is 12.1. The second-order valence-electron chi connectivity index (χ2n) is 4.86. The van der Waals surface area contributed by atoms with Gasteiger partial charge >= 0.3 is 12.1 Å². The van der Waals surface area contributed by atoms with Crippen molar-refractivity contribution in [3.8, 4) is 0 Å². The molecule has 5 nitrogen and oxygen atoms in total. The van der Waals surface area contributed by atoms with E-state index in [1.807, 2.05) is 0 Å². The largest absolute Gasteiger partial charge is 0.466 e. The third-order valence-electron chi connectivity index (χ3n) is 4.06. The van der Waals surface area contributed by atoms with Crippen LogP contribution in [0, 0.1) is 5.41 Å². The van der Waals surface area contributed by atoms with Gasteiger partial charge in [0.15, 0.2) is 0 Å². The van der Waals surface area contributed by atoms with Crippen molar-refractivity contribution < 1.29 is 19.4 Å². The van der Waals surface area contributed by atoms with Crippen LogP contribution in [0.5, 0.6) is 0 Å². The molecule has 0 bridgehead atoms. The molecule has 2 fully saturated rings. The fourth-order valence-corrected chi connectivity index (χ4v) is 3.36. The zero-order valence-electron chi connectivity index (χ0n) is 10.1. The molecule has 5 heteroatoms. The van der Waals surface area contributed by atoms with E-state index < -0.39 is 11.5 Å². The van der Waals surface area contributed by atoms with E-state index in [2.05, 4.69) is 0 Å². The zero-order chi connectivity index (χ0) is 12.5. The van der Waals surface area contributed by atoms with Crippen molar-refractivity contribution in [3.63, 3.8) is 0 Å². The molecular formula is C12H19NO4. The van der Waals surface area contributed by atoms with Crippen molar-refractivity contribution in [2.75, 3.05) is 13.2 Å². The number of likely N-dealkylation sites (tertiary alicyclic amines) is 1. The first-order valence-electron chi connectivity index (χ1n) is 6.28. The Kier molecular flexibility index (Phi) is 3.26. The van der Waals surface area contributed by atoms with Gasteiger partial charge in [-0.25, -0.2) is 4.79 Å². The SMILES string of the molecule is CCOC(=O)C12CCCC1N(C(=O)O)CCC2. The predicted molar refractivity (Wildman–Crippen MR) is 60.7 cm³/mol. The van der Waals surface area contributed by atoms with Gasteiger partial charge in [-0.2, -0.15) is 0 Å². The summed E-state index contributed by atoms with van der Waals surface area (Å²) in [4.78, 5) is 24.8. The topological polar surface area (TPSA) is 66.8 Å². The highest BCUT2D eigenvalue weighted by atomic mass is 16.5. The number of ether oxygens (including phenoxy) is 1. The smallest absolute Gasteiger partial charge is 0.407 e. The number of amides is 1. The second kappa shape index (κ2) is 4.55. The van der Waals surface area contributed by atoms with E-state index in [-0.39, 0.29) is 12.0 Å². The van der Waals surface area contributed by atoms with Crippen LogP contribution in [0.1, 0.15) is 39.0 Å². The molecule has 1 saturated heterocycles. The first-order chi connectivity index (χ1) is 8.12. The Labute approximate surface area is 101 Å². The number of fused-ring (bicyclic) bond motifs is 1. The first-order valence-corrected chi connectivity index (χ1v) is 6.28. The van der Waals surface area contributed by atoms with E-state index in [0.717, 1.165) is 32.1 Å². The van der Waals surface area contributed by atoms with Crippen molar-refractivity contribution >= 4 is 12.1 Å². The summed E-state index contributed by atoms with van der Waals surface area (Å²) in [5.41, 5.74) is -0.563. The third kappa shape index (κ3) is 1.87. The Morgan fingerprint density at radius 1 is 1.41 bits per heavy atom. The summed E-state index contributed by atoms with van der Waals surface area (Å²) >= 11 is 0. The molecule has 1 N–H and O–H groups in total. The Morgan fingerprint density at radius 3 is 2.76 bits per heavy atom. The van der Waals surface area contributed by atoms with Gasteiger partial charge in [0, 0.05) is 6.54 Å². The van der Waals surface area contributed by atoms with Gasteiger partial charge in [-0.05, 0) is 32.6 Å². The molecule has 0 aromatic carbocycles. The van der Waals surface area contributed by atoms with Crippen LogP contribution in [0.4, 0.5) is 4.79 Å². The lowest BCUT2D eigenvalue weighted by Crippen LogP contribution is -2.55. The van der Waals surface area contributed by atoms with E-state index >= 15 is 0 Å². The minimum Gasteiger partial charge on any atom is -0.466 e. The van der Waals surface area contributed by atoms with Crippen LogP contribution < -0.4 is 0 Å². The lowest BCUT2D eigenvalue weighted by atomic mass is 9.75. The number of rotatable bonds is 2. The molecule has 96 valence electrons. The molecule has 2 unspecified atom stereocenters. The van der Waals surface area contributed by atoms with Gasteiger partial charge in [0.05, 0.1) is 18.1 Å². The van der Waals surface area contributed by atoms with Crippen LogP contribution in [0.2, 0.25) is 0 Å². The standard InChI is InChI=1S/C12H19NO4/c1-2-17-10(14)12-6-3-5-9(12)13(11(15)16)8-4-7-12/h9H,2-8H2,1H3,(H,15,16). The van der Waals surface area contributed by atoms with Crippen molar-refractivity contribution in [3.05, 3.63) is 0 Å². The van der Waals surface area contributed by atoms with E-state index in [0.29, 0.717) is 13.2 Å². The van der Waals surface area contributed by atoms with Crippen LogP contribution in [0.25, 0.3) is 0 Å². The quantitative estimate of drug-likeness (QED) is 0.749. The molecule has 2 rings (SSSR count). The van der Waals surface area contributed by atoms with Gasteiger partial charge in [-0.3, -0.25) is 4.79 Å². The number of nitrogens with zero attached hydrogens (tertiary/aromatic N) is 1. The molecule has 1 heterocycles. The predicted octanol–water partition coefficient (Wildman–Crippen LogP) is 1.86. The average Bonchev–Trinajstić information content (AvgIpc) is 2.73. The van der Waals surface area contributed by atoms with Gasteiger partial charge in [-0.15, -0.1) is 0 Å². The highest BCUT2D eigenvalue weighted by Gasteiger charge is 2.55. The average molecular weight is 241 g/mol. The van der Waals surface area contributed by atoms with Crippen molar-refractivity contribution in [2.45, 2.75) is 45.1 Å². The van der Waals surface area contributed by atoms with Gasteiger partial charge in [-0.1, -0.05) is 6.42 Å². The molecule has 1 amide bonds. The van der Waals surface area contributed by atoms with Crippen molar-refractivity contribution in [2.24, 2.45) is 5.41 Å². The van der Waals surface area contributed by atoms with E-state index in [1.165, 1.54) is 4.90 Å². The van der Waals surface area contributed by atoms with Crippen LogP contribution in [0.3, 0.4) is 0 Å². The fraction of sp³-hybridized carbons (Fsp3) is 0.833. The molecule has 2 atom stereocenters. The number of carbonyl (C=O) groups is 2. The number of carbonyl (C=O) groups excluding carboxylic acids is 1. The lowest BCUT2D eigenvalue weighted by molar-refractivity contribution is -0.160. The maximum absolute atomic E-state index is 12.1. The molecular weight excluding hydrogens is 222 g/mol. The Balaban J connectivity index is 2.24. The molecule has 2 aliphatic rings. The van der Waals surface area contributed by atoms with Gasteiger partial charge < -0.3 is 14.7 Å². The zero-order valence-corrected chi connectivity index (χ0v) is 10.1. The van der Waals surface area contributed by atoms with Crippen molar-refractivity contribution in [1.29, 1.82) is 0 Å². The Bertz CT molecular complexity index is 330. The Hall–Kier alpha value is -1.26. The fourth-order valence-electron chi connectivity index (χ4n) is 3.36. The third-order valence-corrected chi connectivity index (χ3v) is 4.06. The summed E-state index contributed by atoms with van der Waals surface area (Å²) in [5, 5.41) is 9.19.